The Morgan fingerprint density at radius 1 is 1.44 bits per heavy atom. The number of carbonyl (C=O) groups is 1. The molecule has 1 aliphatic rings. The molecule has 0 saturated carbocycles. The molecule has 1 aromatic carbocycles. The highest BCUT2D eigenvalue weighted by Gasteiger charge is 2.30. The summed E-state index contributed by atoms with van der Waals surface area (Å²) in [5.41, 5.74) is 0.675. The summed E-state index contributed by atoms with van der Waals surface area (Å²) in [6.45, 7) is 0.524. The first-order chi connectivity index (χ1) is 7.61. The minimum atomic E-state index is -0.0285. The summed E-state index contributed by atoms with van der Waals surface area (Å²) in [4.78, 5) is 13.3. The number of halogens is 2. The highest BCUT2D eigenvalue weighted by molar-refractivity contribution is 6.36. The molecule has 0 spiro atoms. The molecule has 1 atom stereocenters. The van der Waals surface area contributed by atoms with E-state index in [0.29, 0.717) is 28.7 Å². The normalized spacial score (nSPS) is 19.9. The van der Waals surface area contributed by atoms with Crippen molar-refractivity contribution >= 4 is 34.8 Å². The zero-order valence-corrected chi connectivity index (χ0v) is 9.92. The predicted octanol–water partition coefficient (Wildman–Crippen LogP) is 2.98. The third-order valence-electron chi connectivity index (χ3n) is 2.56. The van der Waals surface area contributed by atoms with Crippen LogP contribution in [0.2, 0.25) is 10.0 Å². The topological polar surface area (TPSA) is 20.3 Å². The minimum Gasteiger partial charge on any atom is -0.310 e. The van der Waals surface area contributed by atoms with Crippen LogP contribution in [0.15, 0.2) is 18.2 Å². The molecule has 1 aromatic rings. The van der Waals surface area contributed by atoms with E-state index in [1.807, 2.05) is 0 Å². The molecule has 1 heterocycles. The third kappa shape index (κ3) is 2.02. The predicted molar refractivity (Wildman–Crippen MR) is 65.8 cm³/mol. The van der Waals surface area contributed by atoms with Crippen LogP contribution in [-0.4, -0.2) is 12.5 Å². The first kappa shape index (κ1) is 11.3. The highest BCUT2D eigenvalue weighted by atomic mass is 35.5. The van der Waals surface area contributed by atoms with Crippen LogP contribution in [-0.2, 0) is 4.79 Å². The second kappa shape index (κ2) is 4.37. The Labute approximate surface area is 104 Å². The second-order valence-corrected chi connectivity index (χ2v) is 4.51. The van der Waals surface area contributed by atoms with Crippen LogP contribution in [0.5, 0.6) is 0 Å². The molecule has 2 nitrogen and oxygen atoms in total. The summed E-state index contributed by atoms with van der Waals surface area (Å²) in [5, 5.41) is 1.02. The number of amides is 1. The molecule has 1 saturated heterocycles. The van der Waals surface area contributed by atoms with E-state index in [2.05, 4.69) is 5.92 Å². The molecule has 0 bridgehead atoms. The maximum Gasteiger partial charge on any atom is 0.228 e. The zero-order chi connectivity index (χ0) is 11.7. The lowest BCUT2D eigenvalue weighted by molar-refractivity contribution is -0.117. The Morgan fingerprint density at radius 2 is 2.19 bits per heavy atom. The van der Waals surface area contributed by atoms with Gasteiger partial charge in [-0.3, -0.25) is 4.79 Å². The number of nitrogens with zero attached hydrogens (tertiary/aromatic N) is 1. The lowest BCUT2D eigenvalue weighted by Crippen LogP contribution is -2.24. The van der Waals surface area contributed by atoms with E-state index in [4.69, 9.17) is 29.6 Å². The van der Waals surface area contributed by atoms with Crippen LogP contribution in [0.25, 0.3) is 0 Å². The largest absolute Gasteiger partial charge is 0.310 e. The van der Waals surface area contributed by atoms with E-state index in [1.54, 1.807) is 23.1 Å². The molecule has 2 rings (SSSR count). The van der Waals surface area contributed by atoms with Crippen LogP contribution >= 0.6 is 23.2 Å². The van der Waals surface area contributed by atoms with Crippen molar-refractivity contribution in [2.24, 2.45) is 5.92 Å². The van der Waals surface area contributed by atoms with Gasteiger partial charge in [0.05, 0.1) is 10.7 Å². The van der Waals surface area contributed by atoms with Crippen LogP contribution in [0.4, 0.5) is 5.69 Å². The van der Waals surface area contributed by atoms with Crippen molar-refractivity contribution in [1.29, 1.82) is 0 Å². The Balaban J connectivity index is 2.32. The van der Waals surface area contributed by atoms with Crippen LogP contribution in [0.3, 0.4) is 0 Å². The summed E-state index contributed by atoms with van der Waals surface area (Å²) >= 11 is 11.8. The molecule has 0 N–H and O–H groups in total. The molecule has 1 aliphatic heterocycles. The monoisotopic (exact) mass is 253 g/mol. The van der Waals surface area contributed by atoms with E-state index in [1.165, 1.54) is 0 Å². The van der Waals surface area contributed by atoms with Crippen molar-refractivity contribution in [2.75, 3.05) is 11.4 Å². The summed E-state index contributed by atoms with van der Waals surface area (Å²) in [6, 6.07) is 5.07. The summed E-state index contributed by atoms with van der Waals surface area (Å²) < 4.78 is 0. The van der Waals surface area contributed by atoms with Crippen molar-refractivity contribution in [3.63, 3.8) is 0 Å². The van der Waals surface area contributed by atoms with Gasteiger partial charge in [0.15, 0.2) is 0 Å². The second-order valence-electron chi connectivity index (χ2n) is 3.67. The van der Waals surface area contributed by atoms with Gasteiger partial charge in [0.2, 0.25) is 5.91 Å². The molecular formula is C12H9Cl2NO. The summed E-state index contributed by atoms with van der Waals surface area (Å²) in [7, 11) is 0. The van der Waals surface area contributed by atoms with Crippen molar-refractivity contribution in [3.05, 3.63) is 28.2 Å². The molecule has 16 heavy (non-hydrogen) atoms. The fourth-order valence-corrected chi connectivity index (χ4v) is 2.26. The van der Waals surface area contributed by atoms with E-state index in [0.717, 1.165) is 0 Å². The third-order valence-corrected chi connectivity index (χ3v) is 3.10. The number of terminal acetylenes is 1. The van der Waals surface area contributed by atoms with Crippen LogP contribution in [0, 0.1) is 18.3 Å². The molecule has 0 radical (unpaired) electrons. The fraction of sp³-hybridized carbons (Fsp3) is 0.250. The first-order valence-electron chi connectivity index (χ1n) is 4.83. The number of hydrogen-bond acceptors (Lipinski definition) is 1. The average Bonchev–Trinajstić information content (AvgIpc) is 2.60. The Morgan fingerprint density at radius 3 is 2.75 bits per heavy atom. The van der Waals surface area contributed by atoms with Crippen molar-refractivity contribution in [2.45, 2.75) is 6.42 Å². The van der Waals surface area contributed by atoms with E-state index in [-0.39, 0.29) is 11.8 Å². The van der Waals surface area contributed by atoms with Gasteiger partial charge in [-0.25, -0.2) is 0 Å². The van der Waals surface area contributed by atoms with Crippen LogP contribution < -0.4 is 4.90 Å². The van der Waals surface area contributed by atoms with Gasteiger partial charge in [-0.2, -0.15) is 0 Å². The molecule has 82 valence electrons. The summed E-state index contributed by atoms with van der Waals surface area (Å²) in [5.74, 6) is 2.57. The van der Waals surface area contributed by atoms with E-state index >= 15 is 0 Å². The fourth-order valence-electron chi connectivity index (χ4n) is 1.75. The van der Waals surface area contributed by atoms with Gasteiger partial charge in [-0.1, -0.05) is 23.2 Å². The SMILES string of the molecule is C#CC1CC(=O)N(c2ccc(Cl)cc2Cl)C1. The Bertz CT molecular complexity index is 478. The molecular weight excluding hydrogens is 245 g/mol. The maximum absolute atomic E-state index is 11.7. The number of rotatable bonds is 1. The number of hydrogen-bond donors (Lipinski definition) is 0. The molecule has 1 unspecified atom stereocenters. The number of benzene rings is 1. The quantitative estimate of drug-likeness (QED) is 0.705. The van der Waals surface area contributed by atoms with Gasteiger partial charge >= 0.3 is 0 Å². The van der Waals surface area contributed by atoms with Gasteiger partial charge in [0, 0.05) is 23.9 Å². The van der Waals surface area contributed by atoms with Gasteiger partial charge in [0.25, 0.3) is 0 Å². The maximum atomic E-state index is 11.7. The molecule has 4 heteroatoms. The van der Waals surface area contributed by atoms with Crippen LogP contribution in [0.1, 0.15) is 6.42 Å². The number of carbonyl (C=O) groups excluding carboxylic acids is 1. The van der Waals surface area contributed by atoms with Gasteiger partial charge in [-0.05, 0) is 18.2 Å². The Kier molecular flexibility index (Phi) is 3.09. The molecule has 1 fully saturated rings. The van der Waals surface area contributed by atoms with Crippen molar-refractivity contribution in [1.82, 2.24) is 0 Å². The average molecular weight is 254 g/mol. The lowest BCUT2D eigenvalue weighted by Gasteiger charge is -2.17. The van der Waals surface area contributed by atoms with Gasteiger partial charge < -0.3 is 4.90 Å². The zero-order valence-electron chi connectivity index (χ0n) is 8.41. The molecule has 0 aliphatic carbocycles. The standard InChI is InChI=1S/C12H9Cl2NO/c1-2-8-5-12(16)15(7-8)11-4-3-9(13)6-10(11)14/h1,3-4,6,8H,5,7H2. The minimum absolute atomic E-state index is 0.00664. The van der Waals surface area contributed by atoms with Gasteiger partial charge in [0.1, 0.15) is 0 Å². The highest BCUT2D eigenvalue weighted by Crippen LogP contribution is 2.32. The molecule has 0 aromatic heterocycles. The Hall–Kier alpha value is -1.17. The van der Waals surface area contributed by atoms with E-state index < -0.39 is 0 Å². The number of anilines is 1. The van der Waals surface area contributed by atoms with Crippen molar-refractivity contribution in [3.8, 4) is 12.3 Å². The first-order valence-corrected chi connectivity index (χ1v) is 5.59. The van der Waals surface area contributed by atoms with Gasteiger partial charge in [-0.15, -0.1) is 12.3 Å². The summed E-state index contributed by atoms with van der Waals surface area (Å²) in [6.07, 6.45) is 5.70. The smallest absolute Gasteiger partial charge is 0.228 e. The molecule has 1 amide bonds. The lowest BCUT2D eigenvalue weighted by atomic mass is 10.1. The van der Waals surface area contributed by atoms with Crippen molar-refractivity contribution < 1.29 is 4.79 Å². The van der Waals surface area contributed by atoms with E-state index in [9.17, 15) is 4.79 Å².